The second-order valence-corrected chi connectivity index (χ2v) is 9.21. The van der Waals surface area contributed by atoms with Crippen LogP contribution in [0.2, 0.25) is 0 Å². The second-order valence-electron chi connectivity index (χ2n) is 9.21. The molecular formula is C29H24O10. The van der Waals surface area contributed by atoms with Crippen LogP contribution in [0, 0.1) is 0 Å². The zero-order valence-corrected chi connectivity index (χ0v) is 21.0. The van der Waals surface area contributed by atoms with Gasteiger partial charge in [-0.1, -0.05) is 12.6 Å². The minimum absolute atomic E-state index is 0.0174. The van der Waals surface area contributed by atoms with Crippen molar-refractivity contribution in [2.24, 2.45) is 0 Å². The van der Waals surface area contributed by atoms with Gasteiger partial charge < -0.3 is 39.1 Å². The molecule has 1 aliphatic heterocycles. The van der Waals surface area contributed by atoms with E-state index in [1.54, 1.807) is 18.2 Å². The predicted molar refractivity (Wildman–Crippen MR) is 140 cm³/mol. The van der Waals surface area contributed by atoms with Gasteiger partial charge in [-0.25, -0.2) is 0 Å². The number of phenols is 3. The van der Waals surface area contributed by atoms with Crippen LogP contribution in [0.25, 0.3) is 22.3 Å². The van der Waals surface area contributed by atoms with E-state index in [9.17, 15) is 30.0 Å². The number of benzene rings is 3. The van der Waals surface area contributed by atoms with Crippen LogP contribution >= 0.6 is 0 Å². The second kappa shape index (κ2) is 9.64. The Balaban J connectivity index is 1.75. The highest BCUT2D eigenvalue weighted by molar-refractivity contribution is 5.94. The van der Waals surface area contributed by atoms with Crippen molar-refractivity contribution in [3.8, 4) is 51.6 Å². The number of phenolic OH excluding ortho intramolecular Hbond substituents is 3. The zero-order valence-electron chi connectivity index (χ0n) is 21.0. The summed E-state index contributed by atoms with van der Waals surface area (Å²) in [5, 5.41) is 40.7. The van der Waals surface area contributed by atoms with Gasteiger partial charge in [-0.15, -0.1) is 0 Å². The molecular weight excluding hydrogens is 508 g/mol. The lowest BCUT2D eigenvalue weighted by Gasteiger charge is -2.26. The summed E-state index contributed by atoms with van der Waals surface area (Å²) in [6.07, 6.45) is -0.123. The van der Waals surface area contributed by atoms with Crippen LogP contribution in [0.3, 0.4) is 0 Å². The highest BCUT2D eigenvalue weighted by Crippen LogP contribution is 2.48. The molecule has 3 aromatic carbocycles. The molecule has 0 aliphatic carbocycles. The number of esters is 1. The number of methoxy groups -OCH3 is 1. The number of hydrogen-bond donors (Lipinski definition) is 4. The fourth-order valence-corrected chi connectivity index (χ4v) is 4.55. The van der Waals surface area contributed by atoms with Gasteiger partial charge in [0.05, 0.1) is 13.5 Å². The van der Waals surface area contributed by atoms with Gasteiger partial charge in [-0.3, -0.25) is 9.59 Å². The number of ether oxygens (including phenoxy) is 3. The maximum Gasteiger partial charge on any atom is 0.312 e. The lowest BCUT2D eigenvalue weighted by atomic mass is 9.85. The molecule has 0 fully saturated rings. The highest BCUT2D eigenvalue weighted by atomic mass is 16.5. The molecule has 1 unspecified atom stereocenters. The Bertz CT molecular complexity index is 1720. The molecule has 0 bridgehead atoms. The molecule has 0 saturated heterocycles. The average molecular weight is 533 g/mol. The topological polar surface area (TPSA) is 156 Å². The first-order chi connectivity index (χ1) is 18.6. The van der Waals surface area contributed by atoms with Gasteiger partial charge in [0.15, 0.2) is 28.8 Å². The van der Waals surface area contributed by atoms with Crippen molar-refractivity contribution >= 4 is 16.9 Å². The number of hydrogen-bond acceptors (Lipinski definition) is 10. The lowest BCUT2D eigenvalue weighted by Crippen LogP contribution is -2.22. The summed E-state index contributed by atoms with van der Waals surface area (Å²) in [6.45, 7) is 5.92. The molecule has 1 aliphatic rings. The molecule has 0 saturated carbocycles. The summed E-state index contributed by atoms with van der Waals surface area (Å²) in [5.41, 5.74) is 0.752. The minimum Gasteiger partial charge on any atom is -0.507 e. The van der Waals surface area contributed by atoms with Crippen LogP contribution in [0.5, 0.6) is 40.2 Å². The fraction of sp³-hybridized carbons (Fsp3) is 0.172. The van der Waals surface area contributed by atoms with E-state index in [0.717, 1.165) is 17.7 Å². The molecule has 200 valence electrons. The Morgan fingerprint density at radius 2 is 1.77 bits per heavy atom. The third kappa shape index (κ3) is 4.46. The van der Waals surface area contributed by atoms with Crippen molar-refractivity contribution in [2.75, 3.05) is 13.7 Å². The third-order valence-corrected chi connectivity index (χ3v) is 6.37. The van der Waals surface area contributed by atoms with Crippen molar-refractivity contribution in [1.82, 2.24) is 0 Å². The zero-order chi connectivity index (χ0) is 28.0. The summed E-state index contributed by atoms with van der Waals surface area (Å²) in [4.78, 5) is 25.8. The number of aromatic hydroxyl groups is 4. The van der Waals surface area contributed by atoms with Crippen LogP contribution in [-0.2, 0) is 4.79 Å². The first kappa shape index (κ1) is 25.5. The number of rotatable bonds is 6. The van der Waals surface area contributed by atoms with Gasteiger partial charge in [0, 0.05) is 23.1 Å². The van der Waals surface area contributed by atoms with E-state index in [1.807, 2.05) is 6.92 Å². The van der Waals surface area contributed by atoms with Crippen LogP contribution in [0.4, 0.5) is 0 Å². The maximum atomic E-state index is 13.2. The SMILES string of the molecule is C=C(C)COc1ccc(C2CC(=O)Oc3cc(O)c4c(=O)c(O)c(-c5ccc(O)c(O)c5)oc4c32)cc1OC. The Labute approximate surface area is 221 Å². The van der Waals surface area contributed by atoms with Gasteiger partial charge in [-0.2, -0.15) is 0 Å². The summed E-state index contributed by atoms with van der Waals surface area (Å²) >= 11 is 0. The molecule has 0 radical (unpaired) electrons. The average Bonchev–Trinajstić information content (AvgIpc) is 2.90. The van der Waals surface area contributed by atoms with E-state index >= 15 is 0 Å². The third-order valence-electron chi connectivity index (χ3n) is 6.37. The van der Waals surface area contributed by atoms with E-state index < -0.39 is 40.3 Å². The first-order valence-corrected chi connectivity index (χ1v) is 11.8. The molecule has 5 rings (SSSR count). The molecule has 0 spiro atoms. The normalized spacial score (nSPS) is 14.5. The van der Waals surface area contributed by atoms with E-state index in [4.69, 9.17) is 18.6 Å². The smallest absolute Gasteiger partial charge is 0.312 e. The maximum absolute atomic E-state index is 13.2. The van der Waals surface area contributed by atoms with Crippen molar-refractivity contribution in [3.63, 3.8) is 0 Å². The Hall–Kier alpha value is -5.12. The molecule has 1 atom stereocenters. The molecule has 10 nitrogen and oxygen atoms in total. The number of carbonyl (C=O) groups is 1. The van der Waals surface area contributed by atoms with Crippen LogP contribution in [-0.4, -0.2) is 40.1 Å². The molecule has 10 heteroatoms. The van der Waals surface area contributed by atoms with E-state index in [0.29, 0.717) is 22.6 Å². The largest absolute Gasteiger partial charge is 0.507 e. The molecule has 4 aromatic rings. The van der Waals surface area contributed by atoms with Crippen molar-refractivity contribution in [3.05, 3.63) is 76.0 Å². The van der Waals surface area contributed by atoms with Gasteiger partial charge in [0.25, 0.3) is 0 Å². The van der Waals surface area contributed by atoms with Gasteiger partial charge in [-0.05, 0) is 48.4 Å². The minimum atomic E-state index is -0.934. The fourth-order valence-electron chi connectivity index (χ4n) is 4.55. The van der Waals surface area contributed by atoms with Gasteiger partial charge >= 0.3 is 5.97 Å². The Morgan fingerprint density at radius 3 is 2.46 bits per heavy atom. The van der Waals surface area contributed by atoms with Crippen LogP contribution < -0.4 is 19.6 Å². The molecule has 39 heavy (non-hydrogen) atoms. The molecule has 4 N–H and O–H groups in total. The summed E-state index contributed by atoms with van der Waals surface area (Å²) in [7, 11) is 1.48. The van der Waals surface area contributed by atoms with Gasteiger partial charge in [0.1, 0.15) is 29.1 Å². The molecule has 2 heterocycles. The predicted octanol–water partition coefficient (Wildman–Crippen LogP) is 4.69. The monoisotopic (exact) mass is 532 g/mol. The van der Waals surface area contributed by atoms with Crippen LogP contribution in [0.15, 0.2) is 63.8 Å². The number of carbonyl (C=O) groups excluding carboxylic acids is 1. The van der Waals surface area contributed by atoms with Crippen LogP contribution in [0.1, 0.15) is 30.4 Å². The van der Waals surface area contributed by atoms with Crippen molar-refractivity contribution in [2.45, 2.75) is 19.3 Å². The summed E-state index contributed by atoms with van der Waals surface area (Å²) < 4.78 is 22.7. The number of fused-ring (bicyclic) bond motifs is 3. The van der Waals surface area contributed by atoms with E-state index in [-0.39, 0.29) is 41.1 Å². The lowest BCUT2D eigenvalue weighted by molar-refractivity contribution is -0.135. The Kier molecular flexibility index (Phi) is 6.31. The standard InChI is InChI=1S/C29H24O10/c1-13(2)12-37-20-7-5-14(9-21(20)36-3)16-10-23(33)38-22-11-19(32)25-26(34)27(35)28(39-29(25)24(16)22)15-4-6-17(30)18(31)8-15/h4-9,11,16,30-32,35H,1,10,12H2,2-3H3. The quantitative estimate of drug-likeness (QED) is 0.119. The van der Waals surface area contributed by atoms with E-state index in [1.165, 1.54) is 19.2 Å². The first-order valence-electron chi connectivity index (χ1n) is 11.8. The van der Waals surface area contributed by atoms with E-state index in [2.05, 4.69) is 6.58 Å². The summed E-state index contributed by atoms with van der Waals surface area (Å²) in [6, 6.07) is 9.86. The highest BCUT2D eigenvalue weighted by Gasteiger charge is 2.35. The Morgan fingerprint density at radius 1 is 1.00 bits per heavy atom. The molecule has 1 aromatic heterocycles. The van der Waals surface area contributed by atoms with Crippen molar-refractivity contribution in [1.29, 1.82) is 0 Å². The van der Waals surface area contributed by atoms with Crippen molar-refractivity contribution < 1.29 is 43.8 Å². The molecule has 0 amide bonds. The summed E-state index contributed by atoms with van der Waals surface area (Å²) in [5.74, 6) is -3.01. The van der Waals surface area contributed by atoms with Gasteiger partial charge in [0.2, 0.25) is 11.2 Å².